The maximum atomic E-state index is 13.1. The Morgan fingerprint density at radius 1 is 0.949 bits per heavy atom. The summed E-state index contributed by atoms with van der Waals surface area (Å²) in [6, 6.07) is 5.80. The van der Waals surface area contributed by atoms with E-state index in [1.165, 1.54) is 18.5 Å². The second-order valence-corrected chi connectivity index (χ2v) is 9.13. The number of halogens is 1. The van der Waals surface area contributed by atoms with E-state index in [2.05, 4.69) is 50.5 Å². The third kappa shape index (κ3) is 6.35. The number of rotatable bonds is 8. The van der Waals surface area contributed by atoms with Crippen LogP contribution >= 0.6 is 0 Å². The zero-order chi connectivity index (χ0) is 26.4. The van der Waals surface area contributed by atoms with Crippen molar-refractivity contribution in [3.05, 3.63) is 61.2 Å². The first-order chi connectivity index (χ1) is 19.2. The van der Waals surface area contributed by atoms with Crippen molar-refractivity contribution < 1.29 is 13.9 Å². The average molecular weight is 534 g/mol. The summed E-state index contributed by atoms with van der Waals surface area (Å²) < 4.78 is 26.4. The molecule has 13 nitrogen and oxygen atoms in total. The van der Waals surface area contributed by atoms with Gasteiger partial charge >= 0.3 is 0 Å². The van der Waals surface area contributed by atoms with Gasteiger partial charge in [-0.3, -0.25) is 4.68 Å². The Morgan fingerprint density at radius 2 is 1.72 bits per heavy atom. The Hall–Kier alpha value is -4.43. The summed E-state index contributed by atoms with van der Waals surface area (Å²) in [7, 11) is 0. The van der Waals surface area contributed by atoms with Gasteiger partial charge in [0.15, 0.2) is 5.75 Å². The molecule has 0 unspecified atom stereocenters. The van der Waals surface area contributed by atoms with Crippen LogP contribution in [-0.2, 0) is 11.3 Å². The van der Waals surface area contributed by atoms with Gasteiger partial charge in [0.25, 0.3) is 0 Å². The van der Waals surface area contributed by atoms with Crippen LogP contribution in [0.1, 0.15) is 0 Å². The molecule has 0 radical (unpaired) electrons. The van der Waals surface area contributed by atoms with Crippen molar-refractivity contribution in [2.45, 2.75) is 12.6 Å². The minimum atomic E-state index is -0.316. The molecular formula is C25H28FN11O2. The van der Waals surface area contributed by atoms with Crippen molar-refractivity contribution in [2.75, 3.05) is 61.0 Å². The number of anilines is 4. The molecule has 2 fully saturated rings. The summed E-state index contributed by atoms with van der Waals surface area (Å²) in [6.07, 6.45) is 8.50. The van der Waals surface area contributed by atoms with E-state index in [-0.39, 0.29) is 11.9 Å². The van der Waals surface area contributed by atoms with Crippen LogP contribution in [0.5, 0.6) is 11.5 Å². The van der Waals surface area contributed by atoms with Gasteiger partial charge in [0, 0.05) is 45.5 Å². The number of aromatic nitrogens is 7. The molecule has 0 spiro atoms. The Balaban J connectivity index is 1.01. The van der Waals surface area contributed by atoms with E-state index in [0.717, 1.165) is 18.8 Å². The van der Waals surface area contributed by atoms with Crippen LogP contribution in [-0.4, -0.2) is 86.7 Å². The van der Waals surface area contributed by atoms with Gasteiger partial charge in [-0.25, -0.2) is 24.3 Å². The third-order valence-corrected chi connectivity index (χ3v) is 6.35. The zero-order valence-corrected chi connectivity index (χ0v) is 21.1. The van der Waals surface area contributed by atoms with E-state index >= 15 is 0 Å². The van der Waals surface area contributed by atoms with Crippen LogP contribution in [0.3, 0.4) is 0 Å². The van der Waals surface area contributed by atoms with E-state index in [9.17, 15) is 4.39 Å². The summed E-state index contributed by atoms with van der Waals surface area (Å²) in [5.41, 5.74) is 0.796. The fraction of sp³-hybridized carbons (Fsp3) is 0.360. The van der Waals surface area contributed by atoms with Crippen LogP contribution in [0.2, 0.25) is 0 Å². The van der Waals surface area contributed by atoms with Crippen LogP contribution in [0, 0.1) is 5.82 Å². The fourth-order valence-electron chi connectivity index (χ4n) is 4.37. The van der Waals surface area contributed by atoms with E-state index < -0.39 is 0 Å². The van der Waals surface area contributed by atoms with Crippen molar-refractivity contribution in [3.8, 4) is 11.5 Å². The van der Waals surface area contributed by atoms with Crippen LogP contribution in [0.15, 0.2) is 55.4 Å². The summed E-state index contributed by atoms with van der Waals surface area (Å²) in [6.45, 7) is 5.91. The lowest BCUT2D eigenvalue weighted by Gasteiger charge is -2.34. The van der Waals surface area contributed by atoms with E-state index in [1.54, 1.807) is 30.7 Å². The fourth-order valence-corrected chi connectivity index (χ4v) is 4.37. The lowest BCUT2D eigenvalue weighted by atomic mass is 10.3. The molecule has 2 saturated heterocycles. The summed E-state index contributed by atoms with van der Waals surface area (Å²) in [4.78, 5) is 26.3. The van der Waals surface area contributed by atoms with Crippen LogP contribution in [0.25, 0.3) is 0 Å². The molecule has 202 valence electrons. The highest BCUT2D eigenvalue weighted by atomic mass is 19.1. The smallest absolute Gasteiger partial charge is 0.232 e. The first-order valence-electron chi connectivity index (χ1n) is 12.7. The van der Waals surface area contributed by atoms with Gasteiger partial charge in [0.2, 0.25) is 17.8 Å². The third-order valence-electron chi connectivity index (χ3n) is 6.35. The lowest BCUT2D eigenvalue weighted by Crippen LogP contribution is -2.47. The molecule has 0 bridgehead atoms. The highest BCUT2D eigenvalue weighted by Gasteiger charge is 2.21. The van der Waals surface area contributed by atoms with Crippen molar-refractivity contribution in [2.24, 2.45) is 0 Å². The highest BCUT2D eigenvalue weighted by molar-refractivity contribution is 5.51. The van der Waals surface area contributed by atoms with Gasteiger partial charge in [-0.2, -0.15) is 10.1 Å². The molecule has 6 rings (SSSR count). The number of piperazine rings is 1. The molecule has 1 aromatic carbocycles. The SMILES string of the molecule is Fc1ccc(Oc2cnc(N3CCN(c4ncnc(Nc5cnn(C[C@@H]6CNCCO6)c5)n4)CC3)nc2)cc1. The van der Waals surface area contributed by atoms with Crippen molar-refractivity contribution in [1.82, 2.24) is 40.0 Å². The standard InChI is InChI=1S/C25H28FN11O2/c26-18-1-3-20(4-2-18)39-21-13-28-24(29-14-21)35-6-8-36(9-7-35)25-31-17-30-23(34-25)33-19-11-32-37(15-19)16-22-12-27-5-10-38-22/h1-4,11,13-15,17,22,27H,5-10,12,16H2,(H,30,31,33,34)/t22-/m0/s1. The molecule has 2 aliphatic rings. The van der Waals surface area contributed by atoms with E-state index in [4.69, 9.17) is 9.47 Å². The summed E-state index contributed by atoms with van der Waals surface area (Å²) in [5, 5.41) is 10.9. The van der Waals surface area contributed by atoms with Gasteiger partial charge in [-0.05, 0) is 24.3 Å². The number of nitrogens with zero attached hydrogens (tertiary/aromatic N) is 9. The monoisotopic (exact) mass is 533 g/mol. The molecule has 0 aliphatic carbocycles. The maximum Gasteiger partial charge on any atom is 0.232 e. The molecule has 0 saturated carbocycles. The van der Waals surface area contributed by atoms with E-state index in [0.29, 0.717) is 68.7 Å². The topological polar surface area (TPSA) is 131 Å². The summed E-state index contributed by atoms with van der Waals surface area (Å²) in [5.74, 6) is 2.37. The maximum absolute atomic E-state index is 13.1. The Bertz CT molecular complexity index is 1360. The number of morpholine rings is 1. The number of ether oxygens (including phenoxy) is 2. The highest BCUT2D eigenvalue weighted by Crippen LogP contribution is 2.22. The zero-order valence-electron chi connectivity index (χ0n) is 21.1. The van der Waals surface area contributed by atoms with E-state index in [1.807, 2.05) is 10.9 Å². The number of benzene rings is 1. The Labute approximate surface area is 224 Å². The van der Waals surface area contributed by atoms with Crippen molar-refractivity contribution in [3.63, 3.8) is 0 Å². The van der Waals surface area contributed by atoms with Gasteiger partial charge in [-0.1, -0.05) is 0 Å². The second kappa shape index (κ2) is 11.5. The molecule has 4 aromatic rings. The number of hydrogen-bond acceptors (Lipinski definition) is 12. The van der Waals surface area contributed by atoms with Gasteiger partial charge in [0.1, 0.15) is 17.9 Å². The molecule has 0 amide bonds. The number of hydrogen-bond donors (Lipinski definition) is 2. The average Bonchev–Trinajstić information content (AvgIpc) is 3.42. The van der Waals surface area contributed by atoms with Gasteiger partial charge in [0.05, 0.1) is 43.5 Å². The molecule has 3 aromatic heterocycles. The van der Waals surface area contributed by atoms with Crippen LogP contribution in [0.4, 0.5) is 27.9 Å². The number of nitrogens with one attached hydrogen (secondary N) is 2. The summed E-state index contributed by atoms with van der Waals surface area (Å²) >= 11 is 0. The first kappa shape index (κ1) is 24.9. The largest absolute Gasteiger partial charge is 0.454 e. The van der Waals surface area contributed by atoms with Gasteiger partial charge < -0.3 is 29.9 Å². The predicted molar refractivity (Wildman–Crippen MR) is 141 cm³/mol. The minimum Gasteiger partial charge on any atom is -0.454 e. The lowest BCUT2D eigenvalue weighted by molar-refractivity contribution is 0.0161. The Morgan fingerprint density at radius 3 is 2.46 bits per heavy atom. The normalized spacial score (nSPS) is 17.7. The molecule has 2 aliphatic heterocycles. The molecule has 39 heavy (non-hydrogen) atoms. The molecule has 2 N–H and O–H groups in total. The molecular weight excluding hydrogens is 505 g/mol. The minimum absolute atomic E-state index is 0.104. The molecule has 1 atom stereocenters. The molecule has 5 heterocycles. The molecule has 14 heteroatoms. The Kier molecular flexibility index (Phi) is 7.36. The quantitative estimate of drug-likeness (QED) is 0.343. The second-order valence-electron chi connectivity index (χ2n) is 9.13. The first-order valence-corrected chi connectivity index (χ1v) is 12.7. The van der Waals surface area contributed by atoms with Crippen molar-refractivity contribution in [1.29, 1.82) is 0 Å². The predicted octanol–water partition coefficient (Wildman–Crippen LogP) is 1.85. The van der Waals surface area contributed by atoms with Crippen LogP contribution < -0.4 is 25.2 Å². The van der Waals surface area contributed by atoms with Crippen molar-refractivity contribution >= 4 is 23.5 Å². The van der Waals surface area contributed by atoms with Gasteiger partial charge in [-0.15, -0.1) is 0 Å².